The van der Waals surface area contributed by atoms with Crippen molar-refractivity contribution in [1.29, 1.82) is 0 Å². The summed E-state index contributed by atoms with van der Waals surface area (Å²) in [5.74, 6) is -0.956. The van der Waals surface area contributed by atoms with Gasteiger partial charge in [0.05, 0.1) is 0 Å². The average Bonchev–Trinajstić information content (AvgIpc) is 2.40. The first-order valence-corrected chi connectivity index (χ1v) is 5.54. The molecule has 0 fully saturated rings. The predicted molar refractivity (Wildman–Crippen MR) is 64.5 cm³/mol. The second kappa shape index (κ2) is 5.86. The lowest BCUT2D eigenvalue weighted by Crippen LogP contribution is -2.25. The number of pyridine rings is 2. The predicted octanol–water partition coefficient (Wildman–Crippen LogP) is 1.59. The lowest BCUT2D eigenvalue weighted by Gasteiger charge is -2.05. The second-order valence-electron chi connectivity index (χ2n) is 3.73. The van der Waals surface area contributed by atoms with Crippen molar-refractivity contribution in [3.05, 3.63) is 59.9 Å². The topological polar surface area (TPSA) is 54.9 Å². The molecule has 1 amide bonds. The summed E-state index contributed by atoms with van der Waals surface area (Å²) in [5, 5.41) is 2.72. The van der Waals surface area contributed by atoms with Crippen molar-refractivity contribution >= 4 is 5.91 Å². The minimum Gasteiger partial charge on any atom is -0.352 e. The number of rotatable bonds is 4. The Balaban J connectivity index is 1.86. The zero-order chi connectivity index (χ0) is 12.8. The van der Waals surface area contributed by atoms with Gasteiger partial charge in [0.15, 0.2) is 0 Å². The van der Waals surface area contributed by atoms with Crippen LogP contribution in [-0.4, -0.2) is 22.4 Å². The molecule has 4 nitrogen and oxygen atoms in total. The van der Waals surface area contributed by atoms with Crippen molar-refractivity contribution in [3.63, 3.8) is 0 Å². The van der Waals surface area contributed by atoms with E-state index in [1.54, 1.807) is 12.4 Å². The second-order valence-corrected chi connectivity index (χ2v) is 3.73. The van der Waals surface area contributed by atoms with E-state index in [2.05, 4.69) is 15.3 Å². The van der Waals surface area contributed by atoms with Gasteiger partial charge in [0.1, 0.15) is 0 Å². The maximum atomic E-state index is 12.8. The highest BCUT2D eigenvalue weighted by molar-refractivity contribution is 5.93. The quantitative estimate of drug-likeness (QED) is 0.832. The lowest BCUT2D eigenvalue weighted by molar-refractivity contribution is 0.0953. The Morgan fingerprint density at radius 2 is 2.00 bits per heavy atom. The van der Waals surface area contributed by atoms with E-state index in [1.807, 2.05) is 12.1 Å². The molecule has 0 bridgehead atoms. The van der Waals surface area contributed by atoms with E-state index >= 15 is 0 Å². The van der Waals surface area contributed by atoms with E-state index in [-0.39, 0.29) is 11.5 Å². The molecule has 0 unspecified atom stereocenters. The number of amides is 1. The monoisotopic (exact) mass is 245 g/mol. The Bertz CT molecular complexity index is 531. The van der Waals surface area contributed by atoms with Crippen LogP contribution in [0.2, 0.25) is 0 Å². The summed E-state index contributed by atoms with van der Waals surface area (Å²) < 4.78 is 12.8. The van der Waals surface area contributed by atoms with Crippen LogP contribution in [0.25, 0.3) is 0 Å². The summed E-state index contributed by atoms with van der Waals surface area (Å²) in [6.45, 7) is 0.493. The first-order chi connectivity index (χ1) is 8.75. The van der Waals surface area contributed by atoms with Crippen LogP contribution in [0.3, 0.4) is 0 Å². The van der Waals surface area contributed by atoms with Crippen LogP contribution < -0.4 is 5.32 Å². The van der Waals surface area contributed by atoms with Gasteiger partial charge in [-0.25, -0.2) is 4.98 Å². The van der Waals surface area contributed by atoms with Crippen molar-refractivity contribution in [2.24, 2.45) is 0 Å². The Kier molecular flexibility index (Phi) is 3.96. The number of hydrogen-bond acceptors (Lipinski definition) is 3. The van der Waals surface area contributed by atoms with Gasteiger partial charge < -0.3 is 5.32 Å². The van der Waals surface area contributed by atoms with E-state index < -0.39 is 5.95 Å². The molecule has 5 heteroatoms. The third-order valence-electron chi connectivity index (χ3n) is 2.44. The Morgan fingerprint density at radius 1 is 1.22 bits per heavy atom. The molecule has 0 aliphatic rings. The molecule has 0 aliphatic carbocycles. The van der Waals surface area contributed by atoms with Crippen molar-refractivity contribution in [2.45, 2.75) is 6.42 Å². The summed E-state index contributed by atoms with van der Waals surface area (Å²) in [6, 6.07) is 6.36. The normalized spacial score (nSPS) is 10.1. The molecule has 0 radical (unpaired) electrons. The van der Waals surface area contributed by atoms with E-state index in [9.17, 15) is 9.18 Å². The SMILES string of the molecule is O=C(NCCc1ccncc1)c1ccnc(F)c1. The van der Waals surface area contributed by atoms with Gasteiger partial charge in [0.25, 0.3) is 5.91 Å². The molecule has 1 N–H and O–H groups in total. The van der Waals surface area contributed by atoms with Crippen LogP contribution in [0, 0.1) is 5.95 Å². The van der Waals surface area contributed by atoms with Crippen LogP contribution in [0.5, 0.6) is 0 Å². The molecule has 0 saturated carbocycles. The van der Waals surface area contributed by atoms with Gasteiger partial charge in [-0.05, 0) is 30.2 Å². The fourth-order valence-corrected chi connectivity index (χ4v) is 1.52. The van der Waals surface area contributed by atoms with E-state index in [1.165, 1.54) is 12.3 Å². The molecule has 92 valence electrons. The Labute approximate surface area is 104 Å². The van der Waals surface area contributed by atoms with Crippen LogP contribution in [0.15, 0.2) is 42.9 Å². The lowest BCUT2D eigenvalue weighted by atomic mass is 10.2. The molecule has 2 aromatic heterocycles. The number of nitrogens with one attached hydrogen (secondary N) is 1. The third kappa shape index (κ3) is 3.35. The van der Waals surface area contributed by atoms with Crippen molar-refractivity contribution in [3.8, 4) is 0 Å². The van der Waals surface area contributed by atoms with Gasteiger partial charge in [-0.2, -0.15) is 4.39 Å². The number of hydrogen-bond donors (Lipinski definition) is 1. The summed E-state index contributed by atoms with van der Waals surface area (Å²) in [4.78, 5) is 19.0. The van der Waals surface area contributed by atoms with Crippen molar-refractivity contribution in [1.82, 2.24) is 15.3 Å². The summed E-state index contributed by atoms with van der Waals surface area (Å²) >= 11 is 0. The standard InChI is InChI=1S/C13H12FN3O/c14-12-9-11(4-8-16-12)13(18)17-7-3-10-1-5-15-6-2-10/h1-2,4-6,8-9H,3,7H2,(H,17,18). The Morgan fingerprint density at radius 3 is 2.72 bits per heavy atom. The van der Waals surface area contributed by atoms with Crippen LogP contribution in [0.1, 0.15) is 15.9 Å². The molecule has 2 aromatic rings. The highest BCUT2D eigenvalue weighted by atomic mass is 19.1. The van der Waals surface area contributed by atoms with Crippen LogP contribution in [0.4, 0.5) is 4.39 Å². The van der Waals surface area contributed by atoms with Gasteiger partial charge >= 0.3 is 0 Å². The number of carbonyl (C=O) groups excluding carboxylic acids is 1. The van der Waals surface area contributed by atoms with Crippen molar-refractivity contribution in [2.75, 3.05) is 6.54 Å². The molecule has 0 aromatic carbocycles. The molecule has 0 spiro atoms. The fraction of sp³-hybridized carbons (Fsp3) is 0.154. The molecule has 0 atom stereocenters. The molecular weight excluding hydrogens is 233 g/mol. The highest BCUT2D eigenvalue weighted by Crippen LogP contribution is 2.01. The third-order valence-corrected chi connectivity index (χ3v) is 2.44. The summed E-state index contributed by atoms with van der Waals surface area (Å²) in [5.41, 5.74) is 1.36. The zero-order valence-electron chi connectivity index (χ0n) is 9.64. The van der Waals surface area contributed by atoms with Crippen LogP contribution in [-0.2, 0) is 6.42 Å². The molecule has 0 saturated heterocycles. The number of carbonyl (C=O) groups is 1. The molecule has 0 aliphatic heterocycles. The summed E-state index contributed by atoms with van der Waals surface area (Å²) in [6.07, 6.45) is 5.39. The van der Waals surface area contributed by atoms with Gasteiger partial charge in [0.2, 0.25) is 5.95 Å². The first kappa shape index (κ1) is 12.2. The number of nitrogens with zero attached hydrogens (tertiary/aromatic N) is 2. The zero-order valence-corrected chi connectivity index (χ0v) is 9.64. The van der Waals surface area contributed by atoms with E-state index in [0.717, 1.165) is 11.6 Å². The Hall–Kier alpha value is -2.30. The minimum atomic E-state index is -0.656. The molecular formula is C13H12FN3O. The van der Waals surface area contributed by atoms with Crippen molar-refractivity contribution < 1.29 is 9.18 Å². The maximum absolute atomic E-state index is 12.8. The smallest absolute Gasteiger partial charge is 0.251 e. The fourth-order valence-electron chi connectivity index (χ4n) is 1.52. The van der Waals surface area contributed by atoms with E-state index in [4.69, 9.17) is 0 Å². The molecule has 2 heterocycles. The van der Waals surface area contributed by atoms with Gasteiger partial charge in [-0.3, -0.25) is 9.78 Å². The van der Waals surface area contributed by atoms with Crippen LogP contribution >= 0.6 is 0 Å². The van der Waals surface area contributed by atoms with Gasteiger partial charge in [-0.1, -0.05) is 0 Å². The molecule has 2 rings (SSSR count). The first-order valence-electron chi connectivity index (χ1n) is 5.54. The minimum absolute atomic E-state index is 0.275. The van der Waals surface area contributed by atoms with E-state index in [0.29, 0.717) is 13.0 Å². The number of aromatic nitrogens is 2. The highest BCUT2D eigenvalue weighted by Gasteiger charge is 2.05. The maximum Gasteiger partial charge on any atom is 0.251 e. The number of halogens is 1. The van der Waals surface area contributed by atoms with Gasteiger partial charge in [-0.15, -0.1) is 0 Å². The summed E-state index contributed by atoms with van der Waals surface area (Å²) in [7, 11) is 0. The molecule has 18 heavy (non-hydrogen) atoms. The largest absolute Gasteiger partial charge is 0.352 e. The van der Waals surface area contributed by atoms with Gasteiger partial charge in [0, 0.05) is 36.8 Å². The average molecular weight is 245 g/mol.